The number of rotatable bonds is 3. The average Bonchev–Trinajstić information content (AvgIpc) is 3.44. The summed E-state index contributed by atoms with van der Waals surface area (Å²) in [6, 6.07) is 18.2. The highest BCUT2D eigenvalue weighted by molar-refractivity contribution is 6.31. The second-order valence-electron chi connectivity index (χ2n) is 6.68. The van der Waals surface area contributed by atoms with Crippen LogP contribution in [0, 0.1) is 0 Å². The molecule has 4 rings (SSSR count). The van der Waals surface area contributed by atoms with Gasteiger partial charge in [-0.1, -0.05) is 48.0 Å². The fourth-order valence-corrected chi connectivity index (χ4v) is 4.00. The third-order valence-electron chi connectivity index (χ3n) is 5.24. The van der Waals surface area contributed by atoms with Gasteiger partial charge < -0.3 is 9.80 Å². The van der Waals surface area contributed by atoms with Crippen LogP contribution in [0.15, 0.2) is 54.6 Å². The van der Waals surface area contributed by atoms with Crippen molar-refractivity contribution in [3.05, 3.63) is 65.2 Å². The summed E-state index contributed by atoms with van der Waals surface area (Å²) in [7, 11) is 0. The van der Waals surface area contributed by atoms with E-state index in [0.717, 1.165) is 44.6 Å². The first-order valence-electron chi connectivity index (χ1n) is 8.55. The van der Waals surface area contributed by atoms with Crippen molar-refractivity contribution in [1.29, 1.82) is 0 Å². The predicted molar refractivity (Wildman–Crippen MR) is 97.6 cm³/mol. The highest BCUT2D eigenvalue weighted by atomic mass is 35.5. The maximum Gasteiger partial charge on any atom is 0.233 e. The number of benzene rings is 2. The van der Waals surface area contributed by atoms with E-state index in [-0.39, 0.29) is 11.3 Å². The summed E-state index contributed by atoms with van der Waals surface area (Å²) in [6.45, 7) is 3.32. The van der Waals surface area contributed by atoms with Gasteiger partial charge in [-0.3, -0.25) is 4.79 Å². The molecule has 0 atom stereocenters. The number of nitrogens with zero attached hydrogens (tertiary/aromatic N) is 2. The number of anilines is 1. The number of para-hydroxylation sites is 1. The van der Waals surface area contributed by atoms with E-state index in [2.05, 4.69) is 29.2 Å². The van der Waals surface area contributed by atoms with Crippen molar-refractivity contribution in [2.45, 2.75) is 18.3 Å². The SMILES string of the molecule is O=C(N1CCN(c2ccccc2)CC1)C1(c2ccccc2Cl)CC1. The van der Waals surface area contributed by atoms with Crippen LogP contribution in [-0.2, 0) is 10.2 Å². The van der Waals surface area contributed by atoms with Crippen molar-refractivity contribution in [2.75, 3.05) is 31.1 Å². The monoisotopic (exact) mass is 340 g/mol. The molecule has 1 aliphatic heterocycles. The average molecular weight is 341 g/mol. The van der Waals surface area contributed by atoms with Crippen LogP contribution in [0.5, 0.6) is 0 Å². The molecule has 0 aromatic heterocycles. The Bertz CT molecular complexity index is 734. The molecule has 1 aliphatic carbocycles. The second kappa shape index (κ2) is 6.14. The summed E-state index contributed by atoms with van der Waals surface area (Å²) in [6.07, 6.45) is 1.82. The van der Waals surface area contributed by atoms with Crippen molar-refractivity contribution in [3.63, 3.8) is 0 Å². The fraction of sp³-hybridized carbons (Fsp3) is 0.350. The Morgan fingerprint density at radius 1 is 0.875 bits per heavy atom. The molecule has 2 aromatic carbocycles. The summed E-state index contributed by atoms with van der Waals surface area (Å²) in [5.41, 5.74) is 1.87. The van der Waals surface area contributed by atoms with Crippen LogP contribution in [0.3, 0.4) is 0 Å². The molecule has 2 aliphatic rings. The van der Waals surface area contributed by atoms with E-state index in [1.165, 1.54) is 5.69 Å². The third-order valence-corrected chi connectivity index (χ3v) is 5.57. The van der Waals surface area contributed by atoms with Crippen molar-refractivity contribution in [3.8, 4) is 0 Å². The van der Waals surface area contributed by atoms with Gasteiger partial charge in [-0.2, -0.15) is 0 Å². The topological polar surface area (TPSA) is 23.6 Å². The first kappa shape index (κ1) is 15.5. The van der Waals surface area contributed by atoms with Crippen LogP contribution in [-0.4, -0.2) is 37.0 Å². The van der Waals surface area contributed by atoms with Crippen LogP contribution in [0.2, 0.25) is 5.02 Å². The van der Waals surface area contributed by atoms with Gasteiger partial charge in [-0.25, -0.2) is 0 Å². The summed E-state index contributed by atoms with van der Waals surface area (Å²) in [4.78, 5) is 17.5. The van der Waals surface area contributed by atoms with E-state index in [1.807, 2.05) is 35.2 Å². The van der Waals surface area contributed by atoms with Crippen molar-refractivity contribution < 1.29 is 4.79 Å². The molecule has 0 spiro atoms. The number of carbonyl (C=O) groups excluding carboxylic acids is 1. The van der Waals surface area contributed by atoms with E-state index in [0.29, 0.717) is 5.02 Å². The molecule has 1 heterocycles. The van der Waals surface area contributed by atoms with E-state index in [1.54, 1.807) is 0 Å². The smallest absolute Gasteiger partial charge is 0.233 e. The molecule has 3 nitrogen and oxygen atoms in total. The van der Waals surface area contributed by atoms with Gasteiger partial charge >= 0.3 is 0 Å². The quantitative estimate of drug-likeness (QED) is 0.850. The molecule has 0 unspecified atom stereocenters. The van der Waals surface area contributed by atoms with Crippen LogP contribution in [0.1, 0.15) is 18.4 Å². The first-order chi connectivity index (χ1) is 11.7. The molecule has 1 saturated heterocycles. The normalized spacial score (nSPS) is 19.2. The Kier molecular flexibility index (Phi) is 3.97. The Labute approximate surface area is 147 Å². The van der Waals surface area contributed by atoms with E-state index < -0.39 is 0 Å². The molecular weight excluding hydrogens is 320 g/mol. The summed E-state index contributed by atoms with van der Waals surface area (Å²) < 4.78 is 0. The predicted octanol–water partition coefficient (Wildman–Crippen LogP) is 3.72. The van der Waals surface area contributed by atoms with Crippen LogP contribution in [0.4, 0.5) is 5.69 Å². The minimum absolute atomic E-state index is 0.253. The maximum atomic E-state index is 13.1. The lowest BCUT2D eigenvalue weighted by atomic mass is 9.94. The molecule has 4 heteroatoms. The number of hydrogen-bond acceptors (Lipinski definition) is 2. The fourth-order valence-electron chi connectivity index (χ4n) is 3.68. The number of amides is 1. The molecule has 1 saturated carbocycles. The molecule has 0 N–H and O–H groups in total. The van der Waals surface area contributed by atoms with Gasteiger partial charge in [-0.15, -0.1) is 0 Å². The lowest BCUT2D eigenvalue weighted by Gasteiger charge is -2.38. The van der Waals surface area contributed by atoms with E-state index >= 15 is 0 Å². The van der Waals surface area contributed by atoms with Crippen molar-refractivity contribution in [1.82, 2.24) is 4.90 Å². The zero-order valence-corrected chi connectivity index (χ0v) is 14.4. The van der Waals surface area contributed by atoms with Gasteiger partial charge in [0.05, 0.1) is 5.41 Å². The highest BCUT2D eigenvalue weighted by Gasteiger charge is 2.54. The summed E-state index contributed by atoms with van der Waals surface area (Å²) >= 11 is 6.36. The molecule has 2 aromatic rings. The van der Waals surface area contributed by atoms with Crippen LogP contribution >= 0.6 is 11.6 Å². The number of hydrogen-bond donors (Lipinski definition) is 0. The Morgan fingerprint density at radius 3 is 2.12 bits per heavy atom. The van der Waals surface area contributed by atoms with Gasteiger partial charge in [0.15, 0.2) is 0 Å². The molecule has 0 bridgehead atoms. The molecule has 24 heavy (non-hydrogen) atoms. The van der Waals surface area contributed by atoms with E-state index in [9.17, 15) is 4.79 Å². The zero-order valence-electron chi connectivity index (χ0n) is 13.6. The highest BCUT2D eigenvalue weighted by Crippen LogP contribution is 2.51. The van der Waals surface area contributed by atoms with Crippen molar-refractivity contribution in [2.24, 2.45) is 0 Å². The summed E-state index contributed by atoms with van der Waals surface area (Å²) in [5.74, 6) is 0.253. The third kappa shape index (κ3) is 2.67. The first-order valence-corrected chi connectivity index (χ1v) is 8.93. The molecule has 1 amide bonds. The lowest BCUT2D eigenvalue weighted by molar-refractivity contribution is -0.134. The minimum Gasteiger partial charge on any atom is -0.368 e. The van der Waals surface area contributed by atoms with Gasteiger partial charge in [-0.05, 0) is 36.6 Å². The Hall–Kier alpha value is -2.00. The Balaban J connectivity index is 1.46. The van der Waals surface area contributed by atoms with Gasteiger partial charge in [0.1, 0.15) is 0 Å². The van der Waals surface area contributed by atoms with Crippen molar-refractivity contribution >= 4 is 23.2 Å². The van der Waals surface area contributed by atoms with Crippen LogP contribution in [0.25, 0.3) is 0 Å². The number of piperazine rings is 1. The molecule has 124 valence electrons. The lowest BCUT2D eigenvalue weighted by Crippen LogP contribution is -2.51. The molecule has 0 radical (unpaired) electrons. The van der Waals surface area contributed by atoms with Gasteiger partial charge in [0.2, 0.25) is 5.91 Å². The van der Waals surface area contributed by atoms with Crippen LogP contribution < -0.4 is 4.90 Å². The maximum absolute atomic E-state index is 13.1. The standard InChI is InChI=1S/C20H21ClN2O/c21-18-9-5-4-8-17(18)20(10-11-20)19(24)23-14-12-22(13-15-23)16-6-2-1-3-7-16/h1-9H,10-15H2. The minimum atomic E-state index is -0.368. The second-order valence-corrected chi connectivity index (χ2v) is 7.08. The molecule has 2 fully saturated rings. The Morgan fingerprint density at radius 2 is 1.50 bits per heavy atom. The van der Waals surface area contributed by atoms with E-state index in [4.69, 9.17) is 11.6 Å². The summed E-state index contributed by atoms with van der Waals surface area (Å²) in [5, 5.41) is 0.714. The molecular formula is C20H21ClN2O. The van der Waals surface area contributed by atoms with Gasteiger partial charge in [0.25, 0.3) is 0 Å². The zero-order chi connectivity index (χ0) is 16.6. The van der Waals surface area contributed by atoms with Gasteiger partial charge in [0, 0.05) is 36.9 Å². The number of carbonyl (C=O) groups is 1. The number of halogens is 1. The largest absolute Gasteiger partial charge is 0.368 e.